The standard InChI is InChI=1S/C12H15NO3/c14-12(3-4-13-8-12)9-1-2-10-11(7-9)16-6-5-15-10/h1-2,7,13-14H,3-6,8H2. The lowest BCUT2D eigenvalue weighted by Gasteiger charge is -2.25. The van der Waals surface area contributed by atoms with E-state index >= 15 is 0 Å². The molecule has 1 atom stereocenters. The van der Waals surface area contributed by atoms with Gasteiger partial charge in [-0.1, -0.05) is 6.07 Å². The Hall–Kier alpha value is -1.26. The Bertz CT molecular complexity index is 399. The van der Waals surface area contributed by atoms with Gasteiger partial charge in [0.15, 0.2) is 11.5 Å². The van der Waals surface area contributed by atoms with Crippen LogP contribution in [-0.4, -0.2) is 31.4 Å². The summed E-state index contributed by atoms with van der Waals surface area (Å²) in [6, 6.07) is 5.68. The molecule has 2 N–H and O–H groups in total. The highest BCUT2D eigenvalue weighted by Gasteiger charge is 2.33. The number of nitrogens with one attached hydrogen (secondary N) is 1. The van der Waals surface area contributed by atoms with Crippen LogP contribution in [0, 0.1) is 0 Å². The fourth-order valence-corrected chi connectivity index (χ4v) is 2.26. The normalized spacial score (nSPS) is 28.1. The lowest BCUT2D eigenvalue weighted by Crippen LogP contribution is -2.28. The number of hydrogen-bond donors (Lipinski definition) is 2. The van der Waals surface area contributed by atoms with Gasteiger partial charge in [0.2, 0.25) is 0 Å². The van der Waals surface area contributed by atoms with Crippen molar-refractivity contribution >= 4 is 0 Å². The van der Waals surface area contributed by atoms with E-state index in [1.807, 2.05) is 18.2 Å². The molecular weight excluding hydrogens is 206 g/mol. The van der Waals surface area contributed by atoms with E-state index in [0.29, 0.717) is 19.8 Å². The zero-order valence-electron chi connectivity index (χ0n) is 9.03. The van der Waals surface area contributed by atoms with Gasteiger partial charge in [-0.3, -0.25) is 0 Å². The molecule has 2 aliphatic rings. The predicted molar refractivity (Wildman–Crippen MR) is 58.8 cm³/mol. The third kappa shape index (κ3) is 1.54. The molecule has 0 bridgehead atoms. The quantitative estimate of drug-likeness (QED) is 0.730. The minimum Gasteiger partial charge on any atom is -0.486 e. The minimum atomic E-state index is -0.754. The molecule has 1 saturated heterocycles. The van der Waals surface area contributed by atoms with Crippen molar-refractivity contribution in [3.8, 4) is 11.5 Å². The minimum absolute atomic E-state index is 0.577. The summed E-state index contributed by atoms with van der Waals surface area (Å²) in [5.74, 6) is 1.51. The van der Waals surface area contributed by atoms with Gasteiger partial charge >= 0.3 is 0 Å². The third-order valence-corrected chi connectivity index (χ3v) is 3.21. The zero-order valence-corrected chi connectivity index (χ0v) is 9.03. The van der Waals surface area contributed by atoms with Crippen LogP contribution >= 0.6 is 0 Å². The van der Waals surface area contributed by atoms with E-state index < -0.39 is 5.60 Å². The highest BCUT2D eigenvalue weighted by atomic mass is 16.6. The Morgan fingerprint density at radius 1 is 1.19 bits per heavy atom. The summed E-state index contributed by atoms with van der Waals surface area (Å²) in [5.41, 5.74) is 0.150. The van der Waals surface area contributed by atoms with Gasteiger partial charge in [0.25, 0.3) is 0 Å². The summed E-state index contributed by atoms with van der Waals surface area (Å²) in [7, 11) is 0. The molecule has 3 rings (SSSR count). The number of aliphatic hydroxyl groups is 1. The van der Waals surface area contributed by atoms with Crippen LogP contribution in [0.15, 0.2) is 18.2 Å². The van der Waals surface area contributed by atoms with Gasteiger partial charge in [0, 0.05) is 6.54 Å². The van der Waals surface area contributed by atoms with Crippen molar-refractivity contribution in [3.05, 3.63) is 23.8 Å². The van der Waals surface area contributed by atoms with E-state index in [1.165, 1.54) is 0 Å². The zero-order chi connectivity index (χ0) is 11.0. The van der Waals surface area contributed by atoms with Gasteiger partial charge in [-0.05, 0) is 30.7 Å². The van der Waals surface area contributed by atoms with Crippen molar-refractivity contribution in [1.82, 2.24) is 5.32 Å². The molecule has 1 unspecified atom stereocenters. The van der Waals surface area contributed by atoms with Crippen LogP contribution in [0.5, 0.6) is 11.5 Å². The molecule has 4 nitrogen and oxygen atoms in total. The average molecular weight is 221 g/mol. The van der Waals surface area contributed by atoms with Crippen LogP contribution in [0.25, 0.3) is 0 Å². The largest absolute Gasteiger partial charge is 0.486 e. The highest BCUT2D eigenvalue weighted by molar-refractivity contribution is 5.45. The molecule has 1 aromatic rings. The number of β-amino-alcohol motifs (C(OH)–C–C–N with tert-alkyl or cyclic N) is 1. The molecule has 2 heterocycles. The lowest BCUT2D eigenvalue weighted by atomic mass is 9.93. The van der Waals surface area contributed by atoms with Crippen LogP contribution in [0.3, 0.4) is 0 Å². The van der Waals surface area contributed by atoms with E-state index in [2.05, 4.69) is 5.32 Å². The third-order valence-electron chi connectivity index (χ3n) is 3.21. The second kappa shape index (κ2) is 3.64. The van der Waals surface area contributed by atoms with Crippen molar-refractivity contribution in [2.24, 2.45) is 0 Å². The molecule has 1 fully saturated rings. The first kappa shape index (κ1) is 9.93. The summed E-state index contributed by atoms with van der Waals surface area (Å²) in [6.07, 6.45) is 0.743. The molecule has 4 heteroatoms. The molecule has 0 radical (unpaired) electrons. The Morgan fingerprint density at radius 3 is 2.75 bits per heavy atom. The van der Waals surface area contributed by atoms with Crippen LogP contribution in [0.2, 0.25) is 0 Å². The molecule has 2 aliphatic heterocycles. The Morgan fingerprint density at radius 2 is 2.00 bits per heavy atom. The molecule has 0 aliphatic carbocycles. The Labute approximate surface area is 94.2 Å². The average Bonchev–Trinajstić information content (AvgIpc) is 2.77. The van der Waals surface area contributed by atoms with Gasteiger partial charge in [-0.15, -0.1) is 0 Å². The van der Waals surface area contributed by atoms with Crippen molar-refractivity contribution in [2.75, 3.05) is 26.3 Å². The molecule has 0 amide bonds. The number of fused-ring (bicyclic) bond motifs is 1. The molecule has 86 valence electrons. The van der Waals surface area contributed by atoms with Crippen molar-refractivity contribution in [3.63, 3.8) is 0 Å². The van der Waals surface area contributed by atoms with Crippen molar-refractivity contribution in [1.29, 1.82) is 0 Å². The van der Waals surface area contributed by atoms with Gasteiger partial charge in [-0.25, -0.2) is 0 Å². The Kier molecular flexibility index (Phi) is 2.26. The summed E-state index contributed by atoms with van der Waals surface area (Å²) in [5, 5.41) is 13.6. The van der Waals surface area contributed by atoms with Crippen molar-refractivity contribution < 1.29 is 14.6 Å². The Balaban J connectivity index is 1.96. The number of rotatable bonds is 1. The summed E-state index contributed by atoms with van der Waals surface area (Å²) in [6.45, 7) is 2.63. The van der Waals surface area contributed by atoms with E-state index in [4.69, 9.17) is 9.47 Å². The first-order valence-corrected chi connectivity index (χ1v) is 5.61. The fourth-order valence-electron chi connectivity index (χ4n) is 2.26. The second-order valence-electron chi connectivity index (χ2n) is 4.32. The fraction of sp³-hybridized carbons (Fsp3) is 0.500. The molecule has 16 heavy (non-hydrogen) atoms. The van der Waals surface area contributed by atoms with Crippen LogP contribution < -0.4 is 14.8 Å². The van der Waals surface area contributed by atoms with Crippen LogP contribution in [0.4, 0.5) is 0 Å². The number of benzene rings is 1. The van der Waals surface area contributed by atoms with Crippen LogP contribution in [-0.2, 0) is 5.60 Å². The summed E-state index contributed by atoms with van der Waals surface area (Å²) < 4.78 is 11.0. The maximum atomic E-state index is 10.4. The van der Waals surface area contributed by atoms with Crippen molar-refractivity contribution in [2.45, 2.75) is 12.0 Å². The van der Waals surface area contributed by atoms with Crippen LogP contribution in [0.1, 0.15) is 12.0 Å². The number of ether oxygens (including phenoxy) is 2. The topological polar surface area (TPSA) is 50.7 Å². The first-order valence-electron chi connectivity index (χ1n) is 5.61. The molecule has 0 saturated carbocycles. The predicted octanol–water partition coefficient (Wildman–Crippen LogP) is 0.639. The molecule has 0 spiro atoms. The van der Waals surface area contributed by atoms with E-state index in [0.717, 1.165) is 30.0 Å². The monoisotopic (exact) mass is 221 g/mol. The number of hydrogen-bond acceptors (Lipinski definition) is 4. The SMILES string of the molecule is OC1(c2ccc3c(c2)OCCO3)CCNC1. The molecular formula is C12H15NO3. The van der Waals surface area contributed by atoms with Gasteiger partial charge in [0.05, 0.1) is 0 Å². The summed E-state index contributed by atoms with van der Waals surface area (Å²) >= 11 is 0. The summed E-state index contributed by atoms with van der Waals surface area (Å²) in [4.78, 5) is 0. The molecule has 0 aromatic heterocycles. The van der Waals surface area contributed by atoms with E-state index in [-0.39, 0.29) is 0 Å². The van der Waals surface area contributed by atoms with E-state index in [1.54, 1.807) is 0 Å². The lowest BCUT2D eigenvalue weighted by molar-refractivity contribution is 0.0580. The maximum Gasteiger partial charge on any atom is 0.161 e. The van der Waals surface area contributed by atoms with Gasteiger partial charge < -0.3 is 19.9 Å². The highest BCUT2D eigenvalue weighted by Crippen LogP contribution is 2.36. The van der Waals surface area contributed by atoms with Gasteiger partial charge in [0.1, 0.15) is 18.8 Å². The van der Waals surface area contributed by atoms with E-state index in [9.17, 15) is 5.11 Å². The maximum absolute atomic E-state index is 10.4. The smallest absolute Gasteiger partial charge is 0.161 e. The first-order chi connectivity index (χ1) is 7.78. The second-order valence-corrected chi connectivity index (χ2v) is 4.32. The molecule has 1 aromatic carbocycles. The van der Waals surface area contributed by atoms with Gasteiger partial charge in [-0.2, -0.15) is 0 Å².